The molecule has 30 heavy (non-hydrogen) atoms. The summed E-state index contributed by atoms with van der Waals surface area (Å²) in [5.41, 5.74) is 11.0. The zero-order valence-electron chi connectivity index (χ0n) is 17.1. The van der Waals surface area contributed by atoms with Crippen LogP contribution in [0.25, 0.3) is 0 Å². The Morgan fingerprint density at radius 1 is 1.10 bits per heavy atom. The zero-order valence-corrected chi connectivity index (χ0v) is 17.1. The van der Waals surface area contributed by atoms with Crippen LogP contribution in [0.1, 0.15) is 56.8 Å². The second-order valence-electron chi connectivity index (χ2n) is 7.64. The van der Waals surface area contributed by atoms with E-state index in [2.05, 4.69) is 23.0 Å². The van der Waals surface area contributed by atoms with Crippen LogP contribution >= 0.6 is 0 Å². The average molecular weight is 400 g/mol. The molecule has 0 radical (unpaired) electrons. The number of carbonyl (C=O) groups is 2. The Bertz CT molecular complexity index is 1100. The molecule has 1 aliphatic rings. The summed E-state index contributed by atoms with van der Waals surface area (Å²) in [6.45, 7) is 3.87. The number of hydrogen-bond donors (Lipinski definition) is 1. The van der Waals surface area contributed by atoms with Gasteiger partial charge in [-0.05, 0) is 61.6 Å². The quantitative estimate of drug-likeness (QED) is 0.710. The van der Waals surface area contributed by atoms with Gasteiger partial charge in [-0.2, -0.15) is 0 Å². The number of hydrogen-bond acceptors (Lipinski definition) is 4. The lowest BCUT2D eigenvalue weighted by Crippen LogP contribution is -2.43. The van der Waals surface area contributed by atoms with Crippen molar-refractivity contribution >= 4 is 11.8 Å². The fourth-order valence-electron chi connectivity index (χ4n) is 4.39. The SMILES string of the molecule is Cc1cccc2c1CC[C@H]2N(C(=O)c1cccnc1C)[C@@H](C(N)=O)c1cccnc1. The number of fused-ring (bicyclic) bond motifs is 1. The zero-order chi connectivity index (χ0) is 21.3. The van der Waals surface area contributed by atoms with Crippen molar-refractivity contribution in [1.82, 2.24) is 14.9 Å². The van der Waals surface area contributed by atoms with Crippen molar-refractivity contribution in [3.63, 3.8) is 0 Å². The normalized spacial score (nSPS) is 16.0. The number of carbonyl (C=O) groups excluding carboxylic acids is 2. The van der Waals surface area contributed by atoms with Gasteiger partial charge in [-0.25, -0.2) is 0 Å². The van der Waals surface area contributed by atoms with E-state index in [1.165, 1.54) is 11.1 Å². The standard InChI is InChI=1S/C24H24N4O2/c1-15-6-3-8-20-18(15)10-11-21(20)28(24(30)19-9-5-13-27-16(19)2)22(23(25)29)17-7-4-12-26-14-17/h3-9,12-14,21-22H,10-11H2,1-2H3,(H2,25,29)/t21-,22-/m1/s1. The molecule has 2 amide bonds. The Kier molecular flexibility index (Phi) is 5.31. The summed E-state index contributed by atoms with van der Waals surface area (Å²) in [4.78, 5) is 36.6. The first-order valence-corrected chi connectivity index (χ1v) is 10.0. The molecule has 0 spiro atoms. The molecule has 0 aliphatic heterocycles. The van der Waals surface area contributed by atoms with Crippen molar-refractivity contribution in [3.05, 3.63) is 94.6 Å². The van der Waals surface area contributed by atoms with Crippen LogP contribution in [0.2, 0.25) is 0 Å². The minimum atomic E-state index is -0.928. The molecule has 2 N–H and O–H groups in total. The maximum absolute atomic E-state index is 13.8. The van der Waals surface area contributed by atoms with E-state index in [0.29, 0.717) is 16.8 Å². The molecule has 6 heteroatoms. The summed E-state index contributed by atoms with van der Waals surface area (Å²) in [5.74, 6) is -0.841. The first kappa shape index (κ1) is 19.8. The highest BCUT2D eigenvalue weighted by Crippen LogP contribution is 2.42. The molecule has 2 aromatic heterocycles. The van der Waals surface area contributed by atoms with Crippen LogP contribution in [0.15, 0.2) is 61.1 Å². The van der Waals surface area contributed by atoms with Crippen molar-refractivity contribution in [2.24, 2.45) is 5.73 Å². The largest absolute Gasteiger partial charge is 0.368 e. The highest BCUT2D eigenvalue weighted by molar-refractivity contribution is 5.98. The van der Waals surface area contributed by atoms with Crippen LogP contribution in [0.4, 0.5) is 0 Å². The van der Waals surface area contributed by atoms with E-state index in [1.807, 2.05) is 12.1 Å². The number of aromatic nitrogens is 2. The number of pyridine rings is 2. The lowest BCUT2D eigenvalue weighted by molar-refractivity contribution is -0.123. The summed E-state index contributed by atoms with van der Waals surface area (Å²) in [5, 5.41) is 0. The number of nitrogens with zero attached hydrogens (tertiary/aromatic N) is 3. The Morgan fingerprint density at radius 3 is 2.60 bits per heavy atom. The van der Waals surface area contributed by atoms with Gasteiger partial charge in [0.15, 0.2) is 0 Å². The van der Waals surface area contributed by atoms with Gasteiger partial charge >= 0.3 is 0 Å². The Balaban J connectivity index is 1.88. The van der Waals surface area contributed by atoms with Crippen molar-refractivity contribution < 1.29 is 9.59 Å². The Hall–Kier alpha value is -3.54. The van der Waals surface area contributed by atoms with E-state index < -0.39 is 11.9 Å². The van der Waals surface area contributed by atoms with E-state index in [4.69, 9.17) is 5.73 Å². The minimum Gasteiger partial charge on any atom is -0.368 e. The summed E-state index contributed by atoms with van der Waals surface area (Å²) in [7, 11) is 0. The molecule has 0 saturated carbocycles. The van der Waals surface area contributed by atoms with Crippen LogP contribution in [-0.4, -0.2) is 26.7 Å². The van der Waals surface area contributed by atoms with Gasteiger partial charge in [0.25, 0.3) is 5.91 Å². The van der Waals surface area contributed by atoms with E-state index in [1.54, 1.807) is 54.7 Å². The lowest BCUT2D eigenvalue weighted by atomic mass is 9.97. The highest BCUT2D eigenvalue weighted by Gasteiger charge is 2.40. The minimum absolute atomic E-state index is 0.257. The third kappa shape index (κ3) is 3.45. The fourth-order valence-corrected chi connectivity index (χ4v) is 4.39. The van der Waals surface area contributed by atoms with E-state index in [0.717, 1.165) is 18.4 Å². The number of aryl methyl sites for hydroxylation is 2. The van der Waals surface area contributed by atoms with Crippen LogP contribution < -0.4 is 5.73 Å². The first-order chi connectivity index (χ1) is 14.5. The average Bonchev–Trinajstić information content (AvgIpc) is 3.17. The molecular formula is C24H24N4O2. The van der Waals surface area contributed by atoms with Gasteiger partial charge in [0, 0.05) is 29.8 Å². The van der Waals surface area contributed by atoms with E-state index in [9.17, 15) is 9.59 Å². The predicted octanol–water partition coefficient (Wildman–Crippen LogP) is 3.45. The molecule has 0 saturated heterocycles. The van der Waals surface area contributed by atoms with Crippen molar-refractivity contribution in [2.45, 2.75) is 38.8 Å². The van der Waals surface area contributed by atoms with Crippen molar-refractivity contribution in [3.8, 4) is 0 Å². The molecule has 2 atom stereocenters. The fraction of sp³-hybridized carbons (Fsp3) is 0.250. The van der Waals surface area contributed by atoms with Crippen LogP contribution in [0, 0.1) is 13.8 Å². The van der Waals surface area contributed by atoms with Crippen LogP contribution in [0.5, 0.6) is 0 Å². The molecule has 152 valence electrons. The highest BCUT2D eigenvalue weighted by atomic mass is 16.2. The third-order valence-corrected chi connectivity index (χ3v) is 5.83. The molecule has 6 nitrogen and oxygen atoms in total. The number of benzene rings is 1. The molecule has 0 unspecified atom stereocenters. The van der Waals surface area contributed by atoms with Gasteiger partial charge in [0.05, 0.1) is 11.6 Å². The summed E-state index contributed by atoms with van der Waals surface area (Å²) < 4.78 is 0. The number of amides is 2. The number of nitrogens with two attached hydrogens (primary N) is 1. The maximum Gasteiger partial charge on any atom is 0.257 e. The van der Waals surface area contributed by atoms with Gasteiger partial charge in [0.1, 0.15) is 6.04 Å². The predicted molar refractivity (Wildman–Crippen MR) is 114 cm³/mol. The topological polar surface area (TPSA) is 89.2 Å². The summed E-state index contributed by atoms with van der Waals surface area (Å²) in [6.07, 6.45) is 6.46. The first-order valence-electron chi connectivity index (χ1n) is 10.0. The van der Waals surface area contributed by atoms with Gasteiger partial charge in [-0.1, -0.05) is 24.3 Å². The molecule has 1 aromatic carbocycles. The van der Waals surface area contributed by atoms with Gasteiger partial charge in [-0.15, -0.1) is 0 Å². The Labute approximate surface area is 175 Å². The van der Waals surface area contributed by atoms with Gasteiger partial charge < -0.3 is 10.6 Å². The number of rotatable bonds is 5. The molecule has 0 bridgehead atoms. The maximum atomic E-state index is 13.8. The smallest absolute Gasteiger partial charge is 0.257 e. The van der Waals surface area contributed by atoms with Gasteiger partial charge in [0.2, 0.25) is 5.91 Å². The van der Waals surface area contributed by atoms with Crippen molar-refractivity contribution in [2.75, 3.05) is 0 Å². The molecule has 2 heterocycles. The Morgan fingerprint density at radius 2 is 1.90 bits per heavy atom. The monoisotopic (exact) mass is 400 g/mol. The second kappa shape index (κ2) is 8.06. The lowest BCUT2D eigenvalue weighted by Gasteiger charge is -2.36. The molecular weight excluding hydrogens is 376 g/mol. The summed E-state index contributed by atoms with van der Waals surface area (Å²) in [6, 6.07) is 11.9. The van der Waals surface area contributed by atoms with Crippen molar-refractivity contribution in [1.29, 1.82) is 0 Å². The molecule has 1 aliphatic carbocycles. The molecule has 0 fully saturated rings. The van der Waals surface area contributed by atoms with Gasteiger partial charge in [-0.3, -0.25) is 19.6 Å². The van der Waals surface area contributed by atoms with E-state index >= 15 is 0 Å². The molecule has 4 rings (SSSR count). The summed E-state index contributed by atoms with van der Waals surface area (Å²) >= 11 is 0. The second-order valence-corrected chi connectivity index (χ2v) is 7.64. The number of primary amides is 1. The third-order valence-electron chi connectivity index (χ3n) is 5.83. The van der Waals surface area contributed by atoms with Crippen LogP contribution in [-0.2, 0) is 11.2 Å². The van der Waals surface area contributed by atoms with E-state index in [-0.39, 0.29) is 11.9 Å². The molecule has 3 aromatic rings. The van der Waals surface area contributed by atoms with Crippen LogP contribution in [0.3, 0.4) is 0 Å².